The number of rotatable bonds is 7. The zero-order chi connectivity index (χ0) is 22.4. The van der Waals surface area contributed by atoms with Gasteiger partial charge in [-0.2, -0.15) is 13.2 Å². The summed E-state index contributed by atoms with van der Waals surface area (Å²) in [5.41, 5.74) is 5.16. The second-order valence-electron chi connectivity index (χ2n) is 6.92. The molecule has 2 N–H and O–H groups in total. The molecule has 0 spiro atoms. The summed E-state index contributed by atoms with van der Waals surface area (Å²) >= 11 is 0. The molecule has 9 heteroatoms. The van der Waals surface area contributed by atoms with Gasteiger partial charge in [0.2, 0.25) is 5.95 Å². The van der Waals surface area contributed by atoms with Crippen molar-refractivity contribution in [1.82, 2.24) is 20.3 Å². The van der Waals surface area contributed by atoms with Crippen LogP contribution in [0.5, 0.6) is 0 Å². The van der Waals surface area contributed by atoms with E-state index in [1.807, 2.05) is 36.4 Å². The van der Waals surface area contributed by atoms with Gasteiger partial charge in [0.15, 0.2) is 5.69 Å². The monoisotopic (exact) mass is 429 g/mol. The summed E-state index contributed by atoms with van der Waals surface area (Å²) in [7, 11) is 1.45. The van der Waals surface area contributed by atoms with Crippen molar-refractivity contribution in [3.05, 3.63) is 89.2 Å². The number of carbonyl (C=O) groups excluding carboxylic acids is 1. The molecule has 31 heavy (non-hydrogen) atoms. The van der Waals surface area contributed by atoms with E-state index in [9.17, 15) is 18.0 Å². The van der Waals surface area contributed by atoms with E-state index >= 15 is 0 Å². The molecule has 162 valence electrons. The molecule has 1 unspecified atom stereocenters. The Bertz CT molecular complexity index is 1010. The first-order valence-electron chi connectivity index (χ1n) is 9.56. The average Bonchev–Trinajstić information content (AvgIpc) is 2.78. The molecular weight excluding hydrogens is 407 g/mol. The first-order chi connectivity index (χ1) is 14.8. The zero-order valence-corrected chi connectivity index (χ0v) is 17.0. The minimum Gasteiger partial charge on any atom is -0.335 e. The topological polar surface area (TPSA) is 70.2 Å². The molecule has 6 nitrogen and oxygen atoms in total. The molecule has 0 aliphatic heterocycles. The number of hydrazine groups is 1. The molecule has 0 fully saturated rings. The Kier molecular flexibility index (Phi) is 6.86. The Morgan fingerprint density at radius 2 is 1.68 bits per heavy atom. The standard InChI is InChI=1S/C22H22F3N5O/c1-15(17-11-7-4-8-12-17)30(2)20(31)18-14-26-21(28-19(18)22(23,24)25)29-27-13-16-9-5-3-6-10-16/h3-12,14-15,27H,13H2,1-2H3,(H,26,28,29). The van der Waals surface area contributed by atoms with Crippen LogP contribution >= 0.6 is 0 Å². The highest BCUT2D eigenvalue weighted by atomic mass is 19.4. The average molecular weight is 429 g/mol. The SMILES string of the molecule is CC(c1ccccc1)N(C)C(=O)c1cnc(NNCc2ccccc2)nc1C(F)(F)F. The number of nitrogens with one attached hydrogen (secondary N) is 2. The summed E-state index contributed by atoms with van der Waals surface area (Å²) in [6.07, 6.45) is -3.92. The summed E-state index contributed by atoms with van der Waals surface area (Å²) < 4.78 is 41.0. The maximum atomic E-state index is 13.7. The molecule has 0 aliphatic carbocycles. The third-order valence-corrected chi connectivity index (χ3v) is 4.81. The first-order valence-corrected chi connectivity index (χ1v) is 9.56. The van der Waals surface area contributed by atoms with Crippen LogP contribution in [0.3, 0.4) is 0 Å². The van der Waals surface area contributed by atoms with Crippen molar-refractivity contribution in [2.24, 2.45) is 0 Å². The van der Waals surface area contributed by atoms with Crippen LogP contribution in [0, 0.1) is 0 Å². The lowest BCUT2D eigenvalue weighted by Crippen LogP contribution is -2.32. The van der Waals surface area contributed by atoms with Crippen molar-refractivity contribution in [2.45, 2.75) is 25.7 Å². The Balaban J connectivity index is 1.78. The van der Waals surface area contributed by atoms with Crippen LogP contribution in [0.2, 0.25) is 0 Å². The Morgan fingerprint density at radius 3 is 2.29 bits per heavy atom. The van der Waals surface area contributed by atoms with Gasteiger partial charge in [-0.05, 0) is 18.1 Å². The van der Waals surface area contributed by atoms with Crippen LogP contribution in [0.15, 0.2) is 66.9 Å². The van der Waals surface area contributed by atoms with Gasteiger partial charge in [0.25, 0.3) is 5.91 Å². The third kappa shape index (κ3) is 5.58. The molecule has 3 aromatic rings. The zero-order valence-electron chi connectivity index (χ0n) is 17.0. The van der Waals surface area contributed by atoms with Crippen molar-refractivity contribution >= 4 is 11.9 Å². The molecule has 3 rings (SSSR count). The quantitative estimate of drug-likeness (QED) is 0.544. The van der Waals surface area contributed by atoms with E-state index in [0.717, 1.165) is 17.3 Å². The summed E-state index contributed by atoms with van der Waals surface area (Å²) in [6, 6.07) is 17.9. The molecule has 0 saturated carbocycles. The highest BCUT2D eigenvalue weighted by Gasteiger charge is 2.39. The highest BCUT2D eigenvalue weighted by molar-refractivity contribution is 5.95. The van der Waals surface area contributed by atoms with E-state index in [4.69, 9.17) is 0 Å². The summed E-state index contributed by atoms with van der Waals surface area (Å²) in [5.74, 6) is -1.09. The van der Waals surface area contributed by atoms with Crippen molar-refractivity contribution in [2.75, 3.05) is 12.5 Å². The molecule has 2 aromatic carbocycles. The Labute approximate surface area is 178 Å². The number of amides is 1. The number of hydrogen-bond acceptors (Lipinski definition) is 5. The fourth-order valence-corrected chi connectivity index (χ4v) is 2.96. The van der Waals surface area contributed by atoms with Crippen molar-refractivity contribution < 1.29 is 18.0 Å². The summed E-state index contributed by atoms with van der Waals surface area (Å²) in [4.78, 5) is 21.5. The largest absolute Gasteiger partial charge is 0.434 e. The van der Waals surface area contributed by atoms with Crippen LogP contribution < -0.4 is 10.9 Å². The number of hydrogen-bond donors (Lipinski definition) is 2. The molecule has 0 saturated heterocycles. The lowest BCUT2D eigenvalue weighted by molar-refractivity contribution is -0.141. The van der Waals surface area contributed by atoms with E-state index in [-0.39, 0.29) is 5.95 Å². The van der Waals surface area contributed by atoms with E-state index in [1.54, 1.807) is 31.2 Å². The second-order valence-corrected chi connectivity index (χ2v) is 6.92. The number of carbonyl (C=O) groups is 1. The minimum absolute atomic E-state index is 0.279. The molecule has 1 heterocycles. The lowest BCUT2D eigenvalue weighted by atomic mass is 10.1. The maximum Gasteiger partial charge on any atom is 0.434 e. The van der Waals surface area contributed by atoms with Gasteiger partial charge in [-0.3, -0.25) is 10.2 Å². The van der Waals surface area contributed by atoms with Gasteiger partial charge in [0, 0.05) is 19.8 Å². The van der Waals surface area contributed by atoms with Crippen LogP contribution in [-0.2, 0) is 12.7 Å². The van der Waals surface area contributed by atoms with Crippen molar-refractivity contribution in [3.8, 4) is 0 Å². The smallest absolute Gasteiger partial charge is 0.335 e. The van der Waals surface area contributed by atoms with Gasteiger partial charge in [0.05, 0.1) is 11.6 Å². The first kappa shape index (κ1) is 22.2. The van der Waals surface area contributed by atoms with Crippen LogP contribution in [0.1, 0.15) is 40.1 Å². The summed E-state index contributed by atoms with van der Waals surface area (Å²) in [6.45, 7) is 2.09. The van der Waals surface area contributed by atoms with Crippen molar-refractivity contribution in [1.29, 1.82) is 0 Å². The molecule has 0 aliphatic rings. The molecule has 0 radical (unpaired) electrons. The van der Waals surface area contributed by atoms with Crippen LogP contribution in [0.4, 0.5) is 19.1 Å². The maximum absolute atomic E-state index is 13.7. The van der Waals surface area contributed by atoms with Gasteiger partial charge >= 0.3 is 6.18 Å². The number of benzene rings is 2. The second kappa shape index (κ2) is 9.57. The van der Waals surface area contributed by atoms with E-state index in [1.165, 1.54) is 11.9 Å². The van der Waals surface area contributed by atoms with Crippen LogP contribution in [-0.4, -0.2) is 27.8 Å². The molecular formula is C22H22F3N5O. The predicted molar refractivity (Wildman–Crippen MR) is 111 cm³/mol. The fourth-order valence-electron chi connectivity index (χ4n) is 2.96. The van der Waals surface area contributed by atoms with Crippen LogP contribution in [0.25, 0.3) is 0 Å². The predicted octanol–water partition coefficient (Wildman–Crippen LogP) is 4.45. The molecule has 1 atom stereocenters. The number of anilines is 1. The van der Waals surface area contributed by atoms with Gasteiger partial charge in [-0.25, -0.2) is 15.4 Å². The number of nitrogens with zero attached hydrogens (tertiary/aromatic N) is 3. The van der Waals surface area contributed by atoms with Gasteiger partial charge in [-0.1, -0.05) is 60.7 Å². The molecule has 1 aromatic heterocycles. The van der Waals surface area contributed by atoms with Crippen molar-refractivity contribution in [3.63, 3.8) is 0 Å². The Morgan fingerprint density at radius 1 is 1.06 bits per heavy atom. The Hall–Kier alpha value is -3.46. The van der Waals surface area contributed by atoms with E-state index < -0.39 is 29.4 Å². The third-order valence-electron chi connectivity index (χ3n) is 4.81. The number of aromatic nitrogens is 2. The normalized spacial score (nSPS) is 12.3. The molecule has 1 amide bonds. The lowest BCUT2D eigenvalue weighted by Gasteiger charge is -2.26. The fraction of sp³-hybridized carbons (Fsp3) is 0.227. The molecule has 0 bridgehead atoms. The van der Waals surface area contributed by atoms with Gasteiger partial charge in [-0.15, -0.1) is 0 Å². The van der Waals surface area contributed by atoms with E-state index in [2.05, 4.69) is 20.8 Å². The van der Waals surface area contributed by atoms with E-state index in [0.29, 0.717) is 6.54 Å². The minimum atomic E-state index is -4.82. The number of halogens is 3. The number of alkyl halides is 3. The highest BCUT2D eigenvalue weighted by Crippen LogP contribution is 2.32. The van der Waals surface area contributed by atoms with Gasteiger partial charge in [0.1, 0.15) is 0 Å². The summed E-state index contributed by atoms with van der Waals surface area (Å²) in [5, 5.41) is 0. The van der Waals surface area contributed by atoms with Gasteiger partial charge < -0.3 is 4.90 Å².